The first-order valence-corrected chi connectivity index (χ1v) is 6.47. The predicted molar refractivity (Wildman–Crippen MR) is 70.1 cm³/mol. The van der Waals surface area contributed by atoms with Gasteiger partial charge in [0.1, 0.15) is 0 Å². The van der Waals surface area contributed by atoms with E-state index in [1.165, 1.54) is 36.9 Å². The Labute approximate surface area is 102 Å². The largest absolute Gasteiger partial charge is 0.334 e. The van der Waals surface area contributed by atoms with E-state index in [0.29, 0.717) is 6.04 Å². The molecule has 1 aliphatic heterocycles. The van der Waals surface area contributed by atoms with Crippen LogP contribution < -0.4 is 5.32 Å². The summed E-state index contributed by atoms with van der Waals surface area (Å²) >= 11 is 0. The molecule has 1 aromatic heterocycles. The van der Waals surface area contributed by atoms with Crippen LogP contribution in [0, 0.1) is 0 Å². The van der Waals surface area contributed by atoms with Gasteiger partial charge in [0.05, 0.1) is 17.4 Å². The van der Waals surface area contributed by atoms with Crippen molar-refractivity contribution in [1.29, 1.82) is 0 Å². The van der Waals surface area contributed by atoms with E-state index in [1.54, 1.807) is 0 Å². The van der Waals surface area contributed by atoms with E-state index >= 15 is 0 Å². The van der Waals surface area contributed by atoms with Crippen molar-refractivity contribution in [3.8, 4) is 0 Å². The average Bonchev–Trinajstić information content (AvgIpc) is 2.74. The Bertz CT molecular complexity index is 509. The fourth-order valence-corrected chi connectivity index (χ4v) is 2.82. The third-order valence-corrected chi connectivity index (χ3v) is 3.70. The van der Waals surface area contributed by atoms with Crippen molar-refractivity contribution in [1.82, 2.24) is 14.9 Å². The summed E-state index contributed by atoms with van der Waals surface area (Å²) in [7, 11) is 2.08. The summed E-state index contributed by atoms with van der Waals surface area (Å²) in [6.45, 7) is 1.17. The highest BCUT2D eigenvalue weighted by molar-refractivity contribution is 5.79. The molecule has 0 amide bonds. The molecule has 0 saturated carbocycles. The number of para-hydroxylation sites is 1. The smallest absolute Gasteiger partial charge is 0.0955 e. The van der Waals surface area contributed by atoms with Crippen LogP contribution in [-0.4, -0.2) is 22.1 Å². The Morgan fingerprint density at radius 1 is 1.41 bits per heavy atom. The zero-order valence-electron chi connectivity index (χ0n) is 10.3. The topological polar surface area (TPSA) is 29.9 Å². The molecular formula is C14H19N3. The van der Waals surface area contributed by atoms with Crippen LogP contribution in [0.5, 0.6) is 0 Å². The third kappa shape index (κ3) is 2.07. The summed E-state index contributed by atoms with van der Waals surface area (Å²) in [5, 5.41) is 3.61. The van der Waals surface area contributed by atoms with Crippen molar-refractivity contribution >= 4 is 11.0 Å². The summed E-state index contributed by atoms with van der Waals surface area (Å²) in [4.78, 5) is 4.41. The monoisotopic (exact) mass is 229 g/mol. The van der Waals surface area contributed by atoms with E-state index in [4.69, 9.17) is 0 Å². The van der Waals surface area contributed by atoms with Crippen LogP contribution in [0.15, 0.2) is 24.5 Å². The first-order valence-electron chi connectivity index (χ1n) is 6.47. The molecule has 17 heavy (non-hydrogen) atoms. The number of benzene rings is 1. The van der Waals surface area contributed by atoms with Gasteiger partial charge in [-0.1, -0.05) is 18.6 Å². The summed E-state index contributed by atoms with van der Waals surface area (Å²) < 4.78 is 2.13. The number of aryl methyl sites for hydroxylation is 1. The van der Waals surface area contributed by atoms with Crippen molar-refractivity contribution in [2.24, 2.45) is 7.05 Å². The Balaban J connectivity index is 1.91. The minimum atomic E-state index is 0.643. The van der Waals surface area contributed by atoms with Crippen LogP contribution >= 0.6 is 0 Å². The van der Waals surface area contributed by atoms with E-state index in [-0.39, 0.29) is 0 Å². The molecule has 0 bridgehead atoms. The van der Waals surface area contributed by atoms with Crippen molar-refractivity contribution < 1.29 is 0 Å². The molecule has 3 heteroatoms. The fraction of sp³-hybridized carbons (Fsp3) is 0.500. The molecule has 1 atom stereocenters. The summed E-state index contributed by atoms with van der Waals surface area (Å²) in [6, 6.07) is 7.09. The van der Waals surface area contributed by atoms with Crippen molar-refractivity contribution in [2.75, 3.05) is 6.54 Å². The molecule has 90 valence electrons. The van der Waals surface area contributed by atoms with Gasteiger partial charge in [-0.3, -0.25) is 0 Å². The lowest BCUT2D eigenvalue weighted by Gasteiger charge is -2.23. The van der Waals surface area contributed by atoms with Gasteiger partial charge in [0.15, 0.2) is 0 Å². The maximum absolute atomic E-state index is 4.41. The maximum atomic E-state index is 4.41. The van der Waals surface area contributed by atoms with E-state index < -0.39 is 0 Å². The van der Waals surface area contributed by atoms with E-state index in [0.717, 1.165) is 11.9 Å². The highest BCUT2D eigenvalue weighted by Crippen LogP contribution is 2.20. The molecule has 0 spiro atoms. The van der Waals surface area contributed by atoms with Crippen molar-refractivity contribution in [2.45, 2.75) is 31.7 Å². The van der Waals surface area contributed by atoms with Crippen molar-refractivity contribution in [3.05, 3.63) is 30.1 Å². The van der Waals surface area contributed by atoms with Crippen LogP contribution in [0.25, 0.3) is 11.0 Å². The van der Waals surface area contributed by atoms with Gasteiger partial charge in [-0.05, 0) is 37.4 Å². The lowest BCUT2D eigenvalue weighted by molar-refractivity contribution is 0.400. The number of hydrogen-bond acceptors (Lipinski definition) is 2. The van der Waals surface area contributed by atoms with Gasteiger partial charge in [-0.2, -0.15) is 0 Å². The van der Waals surface area contributed by atoms with Gasteiger partial charge in [0, 0.05) is 13.1 Å². The first-order chi connectivity index (χ1) is 8.34. The van der Waals surface area contributed by atoms with Crippen molar-refractivity contribution in [3.63, 3.8) is 0 Å². The molecule has 2 aromatic rings. The van der Waals surface area contributed by atoms with Crippen LogP contribution in [0.4, 0.5) is 0 Å². The second-order valence-electron chi connectivity index (χ2n) is 4.99. The molecule has 1 N–H and O–H groups in total. The first kappa shape index (κ1) is 10.8. The number of fused-ring (bicyclic) bond motifs is 1. The minimum absolute atomic E-state index is 0.643. The molecule has 1 aromatic carbocycles. The maximum Gasteiger partial charge on any atom is 0.0955 e. The molecule has 1 saturated heterocycles. The fourth-order valence-electron chi connectivity index (χ4n) is 2.82. The molecule has 3 nitrogen and oxygen atoms in total. The van der Waals surface area contributed by atoms with Crippen LogP contribution in [0.2, 0.25) is 0 Å². The number of nitrogens with zero attached hydrogens (tertiary/aromatic N) is 2. The zero-order valence-corrected chi connectivity index (χ0v) is 10.3. The normalized spacial score (nSPS) is 20.9. The van der Waals surface area contributed by atoms with Crippen LogP contribution in [0.3, 0.4) is 0 Å². The van der Waals surface area contributed by atoms with Gasteiger partial charge in [0.25, 0.3) is 0 Å². The number of nitrogens with one attached hydrogen (secondary N) is 1. The third-order valence-electron chi connectivity index (χ3n) is 3.70. The summed E-state index contributed by atoms with van der Waals surface area (Å²) in [5.74, 6) is 0. The quantitative estimate of drug-likeness (QED) is 0.856. The van der Waals surface area contributed by atoms with Gasteiger partial charge in [-0.25, -0.2) is 4.98 Å². The predicted octanol–water partition coefficient (Wildman–Crippen LogP) is 2.26. The average molecular weight is 229 g/mol. The highest BCUT2D eigenvalue weighted by Gasteiger charge is 2.15. The van der Waals surface area contributed by atoms with E-state index in [1.807, 2.05) is 6.33 Å². The van der Waals surface area contributed by atoms with Gasteiger partial charge >= 0.3 is 0 Å². The number of hydrogen-bond donors (Lipinski definition) is 1. The molecule has 1 fully saturated rings. The number of rotatable bonds is 2. The number of piperidine rings is 1. The number of aromatic nitrogens is 2. The Hall–Kier alpha value is -1.35. The van der Waals surface area contributed by atoms with Gasteiger partial charge in [-0.15, -0.1) is 0 Å². The SMILES string of the molecule is Cn1cnc2cccc(CC3CCCCN3)c21. The second-order valence-corrected chi connectivity index (χ2v) is 4.99. The molecule has 2 heterocycles. The summed E-state index contributed by atoms with van der Waals surface area (Å²) in [6.07, 6.45) is 7.01. The molecule has 0 aliphatic carbocycles. The lowest BCUT2D eigenvalue weighted by atomic mass is 9.97. The van der Waals surface area contributed by atoms with Crippen LogP contribution in [-0.2, 0) is 13.5 Å². The molecular weight excluding hydrogens is 210 g/mol. The number of imidazole rings is 1. The Morgan fingerprint density at radius 2 is 2.35 bits per heavy atom. The van der Waals surface area contributed by atoms with Gasteiger partial charge in [0.2, 0.25) is 0 Å². The Morgan fingerprint density at radius 3 is 3.18 bits per heavy atom. The second kappa shape index (κ2) is 4.49. The zero-order chi connectivity index (χ0) is 11.7. The summed E-state index contributed by atoms with van der Waals surface area (Å²) in [5.41, 5.74) is 3.82. The minimum Gasteiger partial charge on any atom is -0.334 e. The lowest BCUT2D eigenvalue weighted by Crippen LogP contribution is -2.35. The Kier molecular flexibility index (Phi) is 2.85. The molecule has 1 unspecified atom stereocenters. The molecule has 3 rings (SSSR count). The molecule has 0 radical (unpaired) electrons. The van der Waals surface area contributed by atoms with Crippen LogP contribution in [0.1, 0.15) is 24.8 Å². The van der Waals surface area contributed by atoms with E-state index in [2.05, 4.69) is 40.1 Å². The standard InChI is InChI=1S/C14H19N3/c1-17-10-16-13-7-4-5-11(14(13)17)9-12-6-2-3-8-15-12/h4-5,7,10,12,15H,2-3,6,8-9H2,1H3. The van der Waals surface area contributed by atoms with Gasteiger partial charge < -0.3 is 9.88 Å². The highest BCUT2D eigenvalue weighted by atomic mass is 15.0. The molecule has 1 aliphatic rings. The van der Waals surface area contributed by atoms with E-state index in [9.17, 15) is 0 Å².